The van der Waals surface area contributed by atoms with Gasteiger partial charge in [-0.05, 0) is 32.6 Å². The Bertz CT molecular complexity index is 405. The molecule has 12 heteroatoms. The van der Waals surface area contributed by atoms with E-state index in [1.54, 1.807) is 21.3 Å². The van der Waals surface area contributed by atoms with Crippen LogP contribution in [0, 0.1) is 0 Å². The Hall–Kier alpha value is -0.222. The van der Waals surface area contributed by atoms with Gasteiger partial charge in [-0.15, -0.1) is 0 Å². The Balaban J connectivity index is 4.30. The van der Waals surface area contributed by atoms with Crippen LogP contribution in [0.1, 0.15) is 12.8 Å². The number of esters is 1. The number of carbonyl (C=O) groups excluding carboxylic acids is 1. The first-order valence-electron chi connectivity index (χ1n) is 8.12. The molecule has 0 N–H and O–H groups in total. The first-order valence-corrected chi connectivity index (χ1v) is 16.8. The third-order valence-corrected chi connectivity index (χ3v) is 13.6. The largest absolute Gasteiger partial charge is 0.580 e. The van der Waals surface area contributed by atoms with Gasteiger partial charge in [0.1, 0.15) is 0 Å². The first-order chi connectivity index (χ1) is 11.6. The Kier molecular flexibility index (Phi) is 11.4. The maximum Gasteiger partial charge on any atom is 0.580 e. The topological polar surface area (TPSA) is 89.5 Å². The van der Waals surface area contributed by atoms with Crippen LogP contribution in [0.4, 0.5) is 0 Å². The zero-order valence-corrected chi connectivity index (χ0v) is 20.3. The summed E-state index contributed by atoms with van der Waals surface area (Å²) >= 11 is 0. The quantitative estimate of drug-likeness (QED) is 0.236. The van der Waals surface area contributed by atoms with E-state index < -0.39 is 35.3 Å². The number of rotatable bonds is 14. The van der Waals surface area contributed by atoms with E-state index >= 15 is 0 Å². The molecule has 0 aliphatic carbocycles. The van der Waals surface area contributed by atoms with Gasteiger partial charge in [0.15, 0.2) is 8.32 Å². The van der Waals surface area contributed by atoms with Crippen LogP contribution in [0.3, 0.4) is 0 Å². The molecule has 0 saturated carbocycles. The molecule has 147 valence electrons. The molecule has 0 saturated heterocycles. The number of ether oxygens (including phenoxy) is 1. The lowest BCUT2D eigenvalue weighted by molar-refractivity contribution is -0.143. The third kappa shape index (κ3) is 10.5. The van der Waals surface area contributed by atoms with Gasteiger partial charge in [0.25, 0.3) is 0 Å². The minimum absolute atomic E-state index is 0.180. The van der Waals surface area contributed by atoms with E-state index in [0.29, 0.717) is 18.5 Å². The summed E-state index contributed by atoms with van der Waals surface area (Å²) in [6, 6.07) is 0.980. The van der Waals surface area contributed by atoms with Gasteiger partial charge in [-0.2, -0.15) is 0 Å². The predicted octanol–water partition coefficient (Wildman–Crippen LogP) is 2.09. The van der Waals surface area contributed by atoms with E-state index in [-0.39, 0.29) is 19.0 Å². The van der Waals surface area contributed by atoms with Gasteiger partial charge in [-0.25, -0.2) is 0 Å². The average Bonchev–Trinajstić information content (AvgIpc) is 2.52. The van der Waals surface area contributed by atoms with Gasteiger partial charge in [0.2, 0.25) is 0 Å². The molecule has 0 aromatic heterocycles. The summed E-state index contributed by atoms with van der Waals surface area (Å²) < 4.78 is 43.4. The van der Waals surface area contributed by atoms with E-state index in [1.807, 2.05) is 26.2 Å². The van der Waals surface area contributed by atoms with Crippen molar-refractivity contribution < 1.29 is 35.5 Å². The molecule has 1 unspecified atom stereocenters. The molecule has 0 aliphatic heterocycles. The average molecular weight is 428 g/mol. The van der Waals surface area contributed by atoms with Crippen LogP contribution in [0.15, 0.2) is 0 Å². The molecule has 0 rings (SSSR count). The third-order valence-electron chi connectivity index (χ3n) is 3.39. The Morgan fingerprint density at radius 3 is 1.96 bits per heavy atom. The van der Waals surface area contributed by atoms with Crippen LogP contribution in [-0.2, 0) is 35.5 Å². The fourth-order valence-electron chi connectivity index (χ4n) is 2.29. The summed E-state index contributed by atoms with van der Waals surface area (Å²) in [7, 11) is -3.36. The van der Waals surface area contributed by atoms with Crippen molar-refractivity contribution in [1.29, 1.82) is 0 Å². The summed E-state index contributed by atoms with van der Waals surface area (Å²) in [5, 5.41) is 0. The zero-order valence-electron chi connectivity index (χ0n) is 16.3. The highest BCUT2D eigenvalue weighted by Gasteiger charge is 2.39. The van der Waals surface area contributed by atoms with Crippen molar-refractivity contribution in [3.63, 3.8) is 0 Å². The van der Waals surface area contributed by atoms with Crippen molar-refractivity contribution in [3.05, 3.63) is 0 Å². The maximum absolute atomic E-state index is 11.9. The van der Waals surface area contributed by atoms with Gasteiger partial charge in [0.05, 0.1) is 6.61 Å². The maximum atomic E-state index is 11.9. The molecule has 0 aliphatic rings. The normalized spacial score (nSPS) is 14.7. The lowest BCUT2D eigenvalue weighted by atomic mass is 10.5. The van der Waals surface area contributed by atoms with Gasteiger partial charge >= 0.3 is 33.0 Å². The van der Waals surface area contributed by atoms with E-state index in [2.05, 4.69) is 0 Å². The SMILES string of the molecule is CO[Si](CCCOC(=O)CC[Si](C)(O[Si]=O)O[Si](C)(C)C)(OC)OC. The van der Waals surface area contributed by atoms with Crippen molar-refractivity contribution >= 4 is 41.3 Å². The van der Waals surface area contributed by atoms with Crippen molar-refractivity contribution in [2.24, 2.45) is 0 Å². The molecule has 1 radical (unpaired) electrons. The van der Waals surface area contributed by atoms with Gasteiger partial charge in [-0.3, -0.25) is 4.79 Å². The molecule has 8 nitrogen and oxygen atoms in total. The second-order valence-corrected chi connectivity index (χ2v) is 18.5. The van der Waals surface area contributed by atoms with E-state index in [1.165, 1.54) is 0 Å². The molecule has 0 fully saturated rings. The van der Waals surface area contributed by atoms with Crippen LogP contribution in [-0.4, -0.2) is 69.2 Å². The lowest BCUT2D eigenvalue weighted by Crippen LogP contribution is -2.47. The molecular weight excluding hydrogens is 396 g/mol. The highest BCUT2D eigenvalue weighted by Crippen LogP contribution is 2.21. The Labute approximate surface area is 156 Å². The fraction of sp³-hybridized carbons (Fsp3) is 0.923. The summed E-state index contributed by atoms with van der Waals surface area (Å²) in [6.07, 6.45) is 0.769. The van der Waals surface area contributed by atoms with Crippen LogP contribution in [0.25, 0.3) is 0 Å². The molecule has 0 amide bonds. The Morgan fingerprint density at radius 2 is 1.52 bits per heavy atom. The number of hydrogen-bond donors (Lipinski definition) is 0. The second-order valence-electron chi connectivity index (χ2n) is 6.65. The van der Waals surface area contributed by atoms with Crippen molar-refractivity contribution in [2.75, 3.05) is 27.9 Å². The molecule has 0 aromatic rings. The Morgan fingerprint density at radius 1 is 0.960 bits per heavy atom. The van der Waals surface area contributed by atoms with Gasteiger partial charge < -0.3 is 30.7 Å². The minimum atomic E-state index is -2.63. The summed E-state index contributed by atoms with van der Waals surface area (Å²) in [6.45, 7) is 8.20. The first kappa shape index (κ1) is 24.8. The van der Waals surface area contributed by atoms with E-state index in [9.17, 15) is 9.26 Å². The fourth-order valence-corrected chi connectivity index (χ4v) is 11.9. The molecule has 0 spiro atoms. The smallest absolute Gasteiger partial charge is 0.556 e. The standard InChI is InChI=1S/C13H31O8Si4/c1-16-25(17-2,18-3)11-8-10-19-13(14)9-12-24(7,20-22-15)21-23(4,5)6/h8-12H2,1-7H3. The monoisotopic (exact) mass is 427 g/mol. The summed E-state index contributed by atoms with van der Waals surface area (Å²) in [5.41, 5.74) is 0. The van der Waals surface area contributed by atoms with Gasteiger partial charge in [0, 0.05) is 39.8 Å². The number of carbonyl (C=O) groups is 1. The highest BCUT2D eigenvalue weighted by molar-refractivity contribution is 6.83. The molecule has 1 atom stereocenters. The zero-order chi connectivity index (χ0) is 19.6. The molecule has 25 heavy (non-hydrogen) atoms. The van der Waals surface area contributed by atoms with Crippen molar-refractivity contribution in [3.8, 4) is 0 Å². The summed E-state index contributed by atoms with van der Waals surface area (Å²) in [5.74, 6) is -0.324. The van der Waals surface area contributed by atoms with Crippen LogP contribution in [0.2, 0.25) is 38.3 Å². The van der Waals surface area contributed by atoms with Crippen LogP contribution >= 0.6 is 0 Å². The molecule has 0 bridgehead atoms. The van der Waals surface area contributed by atoms with E-state index in [4.69, 9.17) is 26.2 Å². The molecular formula is C13H31O8Si4. The van der Waals surface area contributed by atoms with Crippen LogP contribution < -0.4 is 0 Å². The van der Waals surface area contributed by atoms with Gasteiger partial charge in [-0.1, -0.05) is 0 Å². The lowest BCUT2D eigenvalue weighted by Gasteiger charge is -2.32. The van der Waals surface area contributed by atoms with E-state index in [0.717, 1.165) is 0 Å². The minimum Gasteiger partial charge on any atom is -0.556 e. The molecule has 0 aromatic carbocycles. The molecule has 0 heterocycles. The van der Waals surface area contributed by atoms with Crippen molar-refractivity contribution in [1.82, 2.24) is 0 Å². The predicted molar refractivity (Wildman–Crippen MR) is 100 cm³/mol. The van der Waals surface area contributed by atoms with Crippen molar-refractivity contribution in [2.45, 2.75) is 51.1 Å². The highest BCUT2D eigenvalue weighted by atomic mass is 28.5. The van der Waals surface area contributed by atoms with Crippen LogP contribution in [0.5, 0.6) is 0 Å². The number of hydrogen-bond acceptors (Lipinski definition) is 8. The summed E-state index contributed by atoms with van der Waals surface area (Å²) in [4.78, 5) is 11.9. The second kappa shape index (κ2) is 11.5.